The van der Waals surface area contributed by atoms with E-state index in [-0.39, 0.29) is 6.04 Å². The number of aliphatic imine (C=N–C) groups is 1. The molecular weight excluding hydrogens is 232 g/mol. The first-order chi connectivity index (χ1) is 9.34. The molecule has 1 unspecified atom stereocenters. The second kappa shape index (κ2) is 5.27. The summed E-state index contributed by atoms with van der Waals surface area (Å²) in [4.78, 5) is 4.74. The summed E-state index contributed by atoms with van der Waals surface area (Å²) in [5.74, 6) is 0.641. The van der Waals surface area contributed by atoms with Gasteiger partial charge in [0, 0.05) is 5.56 Å². The molecule has 2 aromatic rings. The minimum absolute atomic E-state index is 0.213. The molecule has 2 N–H and O–H groups in total. The van der Waals surface area contributed by atoms with Gasteiger partial charge >= 0.3 is 0 Å². The molecule has 0 saturated heterocycles. The van der Waals surface area contributed by atoms with Crippen molar-refractivity contribution in [2.45, 2.75) is 25.3 Å². The number of aryl methyl sites for hydroxylation is 1. The van der Waals surface area contributed by atoms with Crippen LogP contribution in [-0.4, -0.2) is 5.84 Å². The molecule has 0 amide bonds. The molecule has 2 aromatic carbocycles. The second-order valence-corrected chi connectivity index (χ2v) is 4.99. The molecule has 2 heteroatoms. The molecule has 0 spiro atoms. The largest absolute Gasteiger partial charge is 0.383 e. The molecule has 19 heavy (non-hydrogen) atoms. The SMILES string of the molecule is NC(=NC1CCCc2ccccc21)c1ccccc1. The minimum atomic E-state index is 0.213. The van der Waals surface area contributed by atoms with Gasteiger partial charge in [0.2, 0.25) is 0 Å². The molecule has 1 aliphatic rings. The van der Waals surface area contributed by atoms with Crippen LogP contribution >= 0.6 is 0 Å². The topological polar surface area (TPSA) is 38.4 Å². The van der Waals surface area contributed by atoms with Gasteiger partial charge in [-0.25, -0.2) is 0 Å². The molecule has 1 atom stereocenters. The van der Waals surface area contributed by atoms with Crippen molar-refractivity contribution in [3.05, 3.63) is 71.3 Å². The van der Waals surface area contributed by atoms with Crippen LogP contribution in [-0.2, 0) is 6.42 Å². The lowest BCUT2D eigenvalue weighted by Crippen LogP contribution is -2.17. The Bertz CT molecular complexity index is 587. The molecule has 3 rings (SSSR count). The molecule has 0 bridgehead atoms. The number of fused-ring (bicyclic) bond motifs is 1. The highest BCUT2D eigenvalue weighted by Gasteiger charge is 2.19. The van der Waals surface area contributed by atoms with Gasteiger partial charge in [0.05, 0.1) is 6.04 Å². The van der Waals surface area contributed by atoms with E-state index in [9.17, 15) is 0 Å². The third-order valence-corrected chi connectivity index (χ3v) is 3.70. The maximum Gasteiger partial charge on any atom is 0.126 e. The standard InChI is InChI=1S/C17H18N2/c18-17(14-8-2-1-3-9-14)19-16-12-6-10-13-7-4-5-11-15(13)16/h1-5,7-9,11,16H,6,10,12H2,(H2,18,19). The third kappa shape index (κ3) is 2.53. The maximum atomic E-state index is 6.13. The van der Waals surface area contributed by atoms with Gasteiger partial charge < -0.3 is 5.73 Å². The third-order valence-electron chi connectivity index (χ3n) is 3.70. The summed E-state index contributed by atoms with van der Waals surface area (Å²) in [5.41, 5.74) is 9.90. The Balaban J connectivity index is 1.92. The summed E-state index contributed by atoms with van der Waals surface area (Å²) >= 11 is 0. The summed E-state index contributed by atoms with van der Waals surface area (Å²) < 4.78 is 0. The van der Waals surface area contributed by atoms with E-state index < -0.39 is 0 Å². The molecule has 0 aliphatic heterocycles. The number of amidine groups is 1. The van der Waals surface area contributed by atoms with Gasteiger partial charge in [-0.15, -0.1) is 0 Å². The van der Waals surface area contributed by atoms with Crippen molar-refractivity contribution in [2.75, 3.05) is 0 Å². The van der Waals surface area contributed by atoms with Crippen molar-refractivity contribution in [2.24, 2.45) is 10.7 Å². The van der Waals surface area contributed by atoms with Crippen LogP contribution in [0.25, 0.3) is 0 Å². The van der Waals surface area contributed by atoms with Gasteiger partial charge in [0.25, 0.3) is 0 Å². The normalized spacial score (nSPS) is 18.9. The summed E-state index contributed by atoms with van der Waals surface area (Å²) in [7, 11) is 0. The van der Waals surface area contributed by atoms with Gasteiger partial charge in [-0.3, -0.25) is 4.99 Å². The summed E-state index contributed by atoms with van der Waals surface area (Å²) in [6.07, 6.45) is 3.44. The zero-order valence-electron chi connectivity index (χ0n) is 10.9. The Labute approximate surface area is 114 Å². The average Bonchev–Trinajstić information content (AvgIpc) is 2.48. The summed E-state index contributed by atoms with van der Waals surface area (Å²) in [5, 5.41) is 0. The number of nitrogens with zero attached hydrogens (tertiary/aromatic N) is 1. The van der Waals surface area contributed by atoms with Crippen LogP contribution in [0.2, 0.25) is 0 Å². The molecular formula is C17H18N2. The Hall–Kier alpha value is -2.09. The zero-order valence-corrected chi connectivity index (χ0v) is 10.9. The van der Waals surface area contributed by atoms with Crippen molar-refractivity contribution < 1.29 is 0 Å². The van der Waals surface area contributed by atoms with Crippen molar-refractivity contribution in [1.29, 1.82) is 0 Å². The summed E-state index contributed by atoms with van der Waals surface area (Å²) in [6.45, 7) is 0. The van der Waals surface area contributed by atoms with Crippen molar-refractivity contribution >= 4 is 5.84 Å². The fourth-order valence-corrected chi connectivity index (χ4v) is 2.71. The first kappa shape index (κ1) is 12.0. The van der Waals surface area contributed by atoms with Gasteiger partial charge in [0.1, 0.15) is 5.84 Å². The Morgan fingerprint density at radius 3 is 2.58 bits per heavy atom. The van der Waals surface area contributed by atoms with E-state index >= 15 is 0 Å². The Kier molecular flexibility index (Phi) is 3.32. The second-order valence-electron chi connectivity index (χ2n) is 4.99. The first-order valence-electron chi connectivity index (χ1n) is 6.81. The highest BCUT2D eigenvalue weighted by atomic mass is 14.9. The Morgan fingerprint density at radius 2 is 1.74 bits per heavy atom. The van der Waals surface area contributed by atoms with Gasteiger partial charge in [0.15, 0.2) is 0 Å². The lowest BCUT2D eigenvalue weighted by molar-refractivity contribution is 0.572. The number of rotatable bonds is 2. The highest BCUT2D eigenvalue weighted by Crippen LogP contribution is 2.32. The molecule has 0 fully saturated rings. The molecule has 96 valence electrons. The predicted molar refractivity (Wildman–Crippen MR) is 79.3 cm³/mol. The fourth-order valence-electron chi connectivity index (χ4n) is 2.71. The van der Waals surface area contributed by atoms with Crippen LogP contribution < -0.4 is 5.73 Å². The van der Waals surface area contributed by atoms with Crippen LogP contribution in [0, 0.1) is 0 Å². The Morgan fingerprint density at radius 1 is 1.00 bits per heavy atom. The van der Waals surface area contributed by atoms with Crippen LogP contribution in [0.1, 0.15) is 35.6 Å². The number of hydrogen-bond acceptors (Lipinski definition) is 1. The highest BCUT2D eigenvalue weighted by molar-refractivity contribution is 5.97. The van der Waals surface area contributed by atoms with E-state index in [1.54, 1.807) is 0 Å². The fraction of sp³-hybridized carbons (Fsp3) is 0.235. The average molecular weight is 250 g/mol. The van der Waals surface area contributed by atoms with E-state index in [2.05, 4.69) is 24.3 Å². The monoisotopic (exact) mass is 250 g/mol. The van der Waals surface area contributed by atoms with Crippen molar-refractivity contribution in [1.82, 2.24) is 0 Å². The molecule has 0 heterocycles. The van der Waals surface area contributed by atoms with E-state index in [1.165, 1.54) is 17.5 Å². The smallest absolute Gasteiger partial charge is 0.126 e. The minimum Gasteiger partial charge on any atom is -0.383 e. The van der Waals surface area contributed by atoms with Crippen molar-refractivity contribution in [3.63, 3.8) is 0 Å². The van der Waals surface area contributed by atoms with Gasteiger partial charge in [-0.1, -0.05) is 54.6 Å². The molecule has 0 aromatic heterocycles. The van der Waals surface area contributed by atoms with Crippen LogP contribution in [0.3, 0.4) is 0 Å². The van der Waals surface area contributed by atoms with Crippen LogP contribution in [0.4, 0.5) is 0 Å². The molecule has 1 aliphatic carbocycles. The first-order valence-corrected chi connectivity index (χ1v) is 6.81. The zero-order chi connectivity index (χ0) is 13.1. The van der Waals surface area contributed by atoms with E-state index in [1.807, 2.05) is 30.3 Å². The molecule has 0 saturated carbocycles. The van der Waals surface area contributed by atoms with Crippen LogP contribution in [0.15, 0.2) is 59.6 Å². The van der Waals surface area contributed by atoms with Crippen molar-refractivity contribution in [3.8, 4) is 0 Å². The summed E-state index contributed by atoms with van der Waals surface area (Å²) in [6, 6.07) is 18.8. The van der Waals surface area contributed by atoms with E-state index in [0.29, 0.717) is 5.84 Å². The van der Waals surface area contributed by atoms with Gasteiger partial charge in [-0.05, 0) is 30.4 Å². The van der Waals surface area contributed by atoms with E-state index in [0.717, 1.165) is 18.4 Å². The number of nitrogens with two attached hydrogens (primary N) is 1. The predicted octanol–water partition coefficient (Wildman–Crippen LogP) is 3.47. The lowest BCUT2D eigenvalue weighted by Gasteiger charge is -2.22. The van der Waals surface area contributed by atoms with Gasteiger partial charge in [-0.2, -0.15) is 0 Å². The number of hydrogen-bond donors (Lipinski definition) is 1. The van der Waals surface area contributed by atoms with Crippen LogP contribution in [0.5, 0.6) is 0 Å². The molecule has 0 radical (unpaired) electrons. The van der Waals surface area contributed by atoms with E-state index in [4.69, 9.17) is 10.7 Å². The number of benzene rings is 2. The maximum absolute atomic E-state index is 6.13. The quantitative estimate of drug-likeness (QED) is 0.643. The lowest BCUT2D eigenvalue weighted by atomic mass is 9.88. The molecule has 2 nitrogen and oxygen atoms in total.